The summed E-state index contributed by atoms with van der Waals surface area (Å²) in [5, 5.41) is 8.89. The van der Waals surface area contributed by atoms with E-state index in [1.807, 2.05) is 0 Å². The van der Waals surface area contributed by atoms with Crippen LogP contribution < -0.4 is 14.7 Å². The standard InChI is InChI=1S/C27H41N3O/c1-28(2)24-15-13-22-19-23-14-16-25(29(3)4)21-27(23)30(26(22)20-24)17-11-9-7-5-6-8-10-12-18-31/h13-16,20-21,31H,5-12,17-19H2,1-4H3. The van der Waals surface area contributed by atoms with Gasteiger partial charge in [-0.1, -0.05) is 50.7 Å². The van der Waals surface area contributed by atoms with E-state index in [9.17, 15) is 0 Å². The van der Waals surface area contributed by atoms with Crippen molar-refractivity contribution in [1.29, 1.82) is 0 Å². The van der Waals surface area contributed by atoms with Crippen molar-refractivity contribution in [3.8, 4) is 0 Å². The molecule has 3 rings (SSSR count). The zero-order chi connectivity index (χ0) is 22.2. The van der Waals surface area contributed by atoms with E-state index in [2.05, 4.69) is 79.3 Å². The molecule has 1 aliphatic heterocycles. The number of nitrogens with zero attached hydrogens (tertiary/aromatic N) is 3. The minimum Gasteiger partial charge on any atom is -0.396 e. The molecule has 0 bridgehead atoms. The molecular formula is C27H41N3O. The summed E-state index contributed by atoms with van der Waals surface area (Å²) in [6, 6.07) is 13.8. The van der Waals surface area contributed by atoms with Gasteiger partial charge in [-0.2, -0.15) is 0 Å². The van der Waals surface area contributed by atoms with E-state index in [0.717, 1.165) is 19.4 Å². The van der Waals surface area contributed by atoms with E-state index in [-0.39, 0.29) is 0 Å². The third-order valence-corrected chi connectivity index (χ3v) is 6.42. The first-order valence-corrected chi connectivity index (χ1v) is 12.0. The Bertz CT molecular complexity index is 774. The first-order chi connectivity index (χ1) is 15.0. The van der Waals surface area contributed by atoms with E-state index in [1.165, 1.54) is 78.8 Å². The van der Waals surface area contributed by atoms with Gasteiger partial charge in [-0.05, 0) is 48.2 Å². The second-order valence-corrected chi connectivity index (χ2v) is 9.30. The van der Waals surface area contributed by atoms with Crippen LogP contribution in [-0.2, 0) is 6.42 Å². The number of aliphatic hydroxyl groups is 1. The maximum absolute atomic E-state index is 8.89. The molecule has 0 aromatic heterocycles. The fourth-order valence-corrected chi connectivity index (χ4v) is 4.48. The van der Waals surface area contributed by atoms with E-state index >= 15 is 0 Å². The summed E-state index contributed by atoms with van der Waals surface area (Å²) in [7, 11) is 8.47. The van der Waals surface area contributed by atoms with E-state index in [4.69, 9.17) is 5.11 Å². The lowest BCUT2D eigenvalue weighted by Crippen LogP contribution is -2.25. The van der Waals surface area contributed by atoms with Crippen molar-refractivity contribution in [3.05, 3.63) is 47.5 Å². The molecule has 0 saturated heterocycles. The molecule has 170 valence electrons. The molecule has 2 aromatic rings. The summed E-state index contributed by atoms with van der Waals surface area (Å²) >= 11 is 0. The van der Waals surface area contributed by atoms with Gasteiger partial charge < -0.3 is 19.8 Å². The van der Waals surface area contributed by atoms with Crippen molar-refractivity contribution in [2.45, 2.75) is 57.8 Å². The maximum atomic E-state index is 8.89. The highest BCUT2D eigenvalue weighted by atomic mass is 16.2. The number of unbranched alkanes of at least 4 members (excludes halogenated alkanes) is 7. The van der Waals surface area contributed by atoms with Gasteiger partial charge in [0.2, 0.25) is 0 Å². The normalized spacial score (nSPS) is 12.5. The fourth-order valence-electron chi connectivity index (χ4n) is 4.48. The summed E-state index contributed by atoms with van der Waals surface area (Å²) in [6.07, 6.45) is 10.8. The van der Waals surface area contributed by atoms with Crippen LogP contribution in [0.2, 0.25) is 0 Å². The number of fused-ring (bicyclic) bond motifs is 2. The molecule has 2 aromatic carbocycles. The molecule has 4 nitrogen and oxygen atoms in total. The third-order valence-electron chi connectivity index (χ3n) is 6.42. The summed E-state index contributed by atoms with van der Waals surface area (Å²) in [5.41, 5.74) is 8.13. The largest absolute Gasteiger partial charge is 0.396 e. The molecule has 0 fully saturated rings. The van der Waals surface area contributed by atoms with Crippen LogP contribution in [0.1, 0.15) is 62.5 Å². The van der Waals surface area contributed by atoms with Crippen LogP contribution >= 0.6 is 0 Å². The molecule has 0 atom stereocenters. The second-order valence-electron chi connectivity index (χ2n) is 9.30. The Hall–Kier alpha value is -2.20. The van der Waals surface area contributed by atoms with Gasteiger partial charge in [0.05, 0.1) is 0 Å². The van der Waals surface area contributed by atoms with Crippen molar-refractivity contribution in [1.82, 2.24) is 0 Å². The van der Waals surface area contributed by atoms with Crippen LogP contribution in [0.4, 0.5) is 22.7 Å². The number of benzene rings is 2. The molecule has 1 N–H and O–H groups in total. The Kier molecular flexibility index (Phi) is 8.65. The van der Waals surface area contributed by atoms with E-state index in [0.29, 0.717) is 6.61 Å². The average Bonchev–Trinajstić information content (AvgIpc) is 2.76. The zero-order valence-corrected chi connectivity index (χ0v) is 20.0. The molecule has 31 heavy (non-hydrogen) atoms. The third kappa shape index (κ3) is 6.16. The van der Waals surface area contributed by atoms with Gasteiger partial charge in [0, 0.05) is 70.5 Å². The summed E-state index contributed by atoms with van der Waals surface area (Å²) < 4.78 is 0. The monoisotopic (exact) mass is 423 g/mol. The molecule has 0 unspecified atom stereocenters. The molecule has 0 spiro atoms. The minimum absolute atomic E-state index is 0.337. The number of anilines is 4. The van der Waals surface area contributed by atoms with Gasteiger partial charge >= 0.3 is 0 Å². The highest BCUT2D eigenvalue weighted by Crippen LogP contribution is 2.42. The minimum atomic E-state index is 0.337. The number of aliphatic hydroxyl groups excluding tert-OH is 1. The number of hydrogen-bond acceptors (Lipinski definition) is 4. The highest BCUT2D eigenvalue weighted by molar-refractivity contribution is 5.79. The highest BCUT2D eigenvalue weighted by Gasteiger charge is 2.23. The Labute approximate surface area is 189 Å². The second kappa shape index (κ2) is 11.4. The smallest absolute Gasteiger partial charge is 0.0467 e. The van der Waals surface area contributed by atoms with Gasteiger partial charge in [0.1, 0.15) is 0 Å². The van der Waals surface area contributed by atoms with Crippen molar-refractivity contribution >= 4 is 22.7 Å². The Morgan fingerprint density at radius 1 is 0.677 bits per heavy atom. The lowest BCUT2D eigenvalue weighted by Gasteiger charge is -2.35. The van der Waals surface area contributed by atoms with Gasteiger partial charge in [0.15, 0.2) is 0 Å². The van der Waals surface area contributed by atoms with Gasteiger partial charge in [-0.25, -0.2) is 0 Å². The average molecular weight is 424 g/mol. The number of rotatable bonds is 12. The first kappa shape index (κ1) is 23.5. The van der Waals surface area contributed by atoms with Crippen molar-refractivity contribution in [3.63, 3.8) is 0 Å². The molecule has 4 heteroatoms. The van der Waals surface area contributed by atoms with E-state index < -0.39 is 0 Å². The predicted octanol–water partition coefficient (Wildman–Crippen LogP) is 5.97. The van der Waals surface area contributed by atoms with Crippen LogP contribution in [-0.4, -0.2) is 46.4 Å². The lowest BCUT2D eigenvalue weighted by atomic mass is 9.94. The molecule has 1 heterocycles. The molecule has 0 amide bonds. The Morgan fingerprint density at radius 3 is 1.58 bits per heavy atom. The summed E-state index contributed by atoms with van der Waals surface area (Å²) in [5.74, 6) is 0. The SMILES string of the molecule is CN(C)c1ccc2c(c1)N(CCCCCCCCCCO)c1cc(N(C)C)ccc1C2. The fraction of sp³-hybridized carbons (Fsp3) is 0.556. The van der Waals surface area contributed by atoms with Crippen LogP contribution in [0.5, 0.6) is 0 Å². The first-order valence-electron chi connectivity index (χ1n) is 12.0. The summed E-state index contributed by atoms with van der Waals surface area (Å²) in [6.45, 7) is 1.40. The van der Waals surface area contributed by atoms with Crippen LogP contribution in [0.25, 0.3) is 0 Å². The van der Waals surface area contributed by atoms with Crippen molar-refractivity contribution < 1.29 is 5.11 Å². The quantitative estimate of drug-likeness (QED) is 0.426. The van der Waals surface area contributed by atoms with Crippen LogP contribution in [0.15, 0.2) is 36.4 Å². The molecule has 1 aliphatic rings. The van der Waals surface area contributed by atoms with Crippen molar-refractivity contribution in [2.75, 3.05) is 56.0 Å². The Balaban J connectivity index is 1.70. The summed E-state index contributed by atoms with van der Waals surface area (Å²) in [4.78, 5) is 6.96. The van der Waals surface area contributed by atoms with Crippen LogP contribution in [0, 0.1) is 0 Å². The zero-order valence-electron chi connectivity index (χ0n) is 20.0. The molecular weight excluding hydrogens is 382 g/mol. The van der Waals surface area contributed by atoms with Crippen LogP contribution in [0.3, 0.4) is 0 Å². The number of hydrogen-bond donors (Lipinski definition) is 1. The molecule has 0 radical (unpaired) electrons. The topological polar surface area (TPSA) is 30.0 Å². The van der Waals surface area contributed by atoms with E-state index in [1.54, 1.807) is 0 Å². The van der Waals surface area contributed by atoms with Crippen molar-refractivity contribution in [2.24, 2.45) is 0 Å². The van der Waals surface area contributed by atoms with Gasteiger partial charge in [-0.15, -0.1) is 0 Å². The van der Waals surface area contributed by atoms with Gasteiger partial charge in [0.25, 0.3) is 0 Å². The molecule has 0 saturated carbocycles. The maximum Gasteiger partial charge on any atom is 0.0467 e. The Morgan fingerprint density at radius 2 is 1.13 bits per heavy atom. The van der Waals surface area contributed by atoms with Gasteiger partial charge in [-0.3, -0.25) is 0 Å². The lowest BCUT2D eigenvalue weighted by molar-refractivity contribution is 0.282. The predicted molar refractivity (Wildman–Crippen MR) is 135 cm³/mol. The molecule has 0 aliphatic carbocycles.